The standard InChI is InChI=1S/C34H41Cl2N7O3/c35-27-14-26(15-28(36)16-27)31-12-24(20-41-6-4-23(5-7-41)17-37-33(44)25-2-1-3-25)13-32(40-31)46-30-18-38-34(39-19-30)43-10-8-42(9-11-43)29-21-45-22-29/h12-16,18-19,23,25,29H,1-11,17,20-22H2,(H,37,44). The van der Waals surface area contributed by atoms with E-state index in [0.29, 0.717) is 39.6 Å². The topological polar surface area (TPSA) is 96.0 Å². The summed E-state index contributed by atoms with van der Waals surface area (Å²) < 4.78 is 11.6. The molecule has 1 aliphatic carbocycles. The first kappa shape index (κ1) is 31.6. The number of halogens is 2. The van der Waals surface area contributed by atoms with E-state index in [-0.39, 0.29) is 11.8 Å². The molecule has 0 atom stereocenters. The molecule has 10 nitrogen and oxygen atoms in total. The van der Waals surface area contributed by atoms with Crippen LogP contribution in [-0.2, 0) is 16.1 Å². The predicted molar refractivity (Wildman–Crippen MR) is 179 cm³/mol. The summed E-state index contributed by atoms with van der Waals surface area (Å²) in [6, 6.07) is 10.1. The predicted octanol–water partition coefficient (Wildman–Crippen LogP) is 5.29. The molecule has 3 aliphatic heterocycles. The maximum Gasteiger partial charge on any atom is 0.225 e. The van der Waals surface area contributed by atoms with Crippen LogP contribution in [0.5, 0.6) is 11.6 Å². The third-order valence-corrected chi connectivity index (χ3v) is 10.2. The minimum absolute atomic E-state index is 0.240. The first-order valence-corrected chi connectivity index (χ1v) is 17.2. The fourth-order valence-corrected chi connectivity index (χ4v) is 7.11. The summed E-state index contributed by atoms with van der Waals surface area (Å²) >= 11 is 12.7. The van der Waals surface area contributed by atoms with E-state index in [1.807, 2.05) is 18.2 Å². The molecule has 2 aromatic heterocycles. The lowest BCUT2D eigenvalue weighted by molar-refractivity contribution is -0.127. The number of hydrogen-bond donors (Lipinski definition) is 1. The van der Waals surface area contributed by atoms with Crippen molar-refractivity contribution in [2.45, 2.75) is 44.7 Å². The summed E-state index contributed by atoms with van der Waals surface area (Å²) in [5.74, 6) is 2.70. The summed E-state index contributed by atoms with van der Waals surface area (Å²) in [4.78, 5) is 33.5. The number of carbonyl (C=O) groups excluding carboxylic acids is 1. The van der Waals surface area contributed by atoms with Crippen LogP contribution in [0.1, 0.15) is 37.7 Å². The number of carbonyl (C=O) groups is 1. The normalized spacial score (nSPS) is 20.3. The van der Waals surface area contributed by atoms with Gasteiger partial charge >= 0.3 is 0 Å². The Labute approximate surface area is 280 Å². The first-order chi connectivity index (χ1) is 22.4. The molecule has 0 spiro atoms. The average Bonchev–Trinajstić information content (AvgIpc) is 2.99. The Morgan fingerprint density at radius 1 is 0.913 bits per heavy atom. The van der Waals surface area contributed by atoms with Gasteiger partial charge in [0.05, 0.1) is 37.3 Å². The van der Waals surface area contributed by atoms with Gasteiger partial charge < -0.3 is 19.7 Å². The summed E-state index contributed by atoms with van der Waals surface area (Å²) in [5.41, 5.74) is 2.64. The number of nitrogens with zero attached hydrogens (tertiary/aromatic N) is 6. The van der Waals surface area contributed by atoms with Crippen LogP contribution < -0.4 is 15.0 Å². The molecule has 3 aromatic rings. The summed E-state index contributed by atoms with van der Waals surface area (Å²) in [5, 5.41) is 4.29. The van der Waals surface area contributed by atoms with Gasteiger partial charge in [0.15, 0.2) is 5.75 Å². The number of hydrogen-bond acceptors (Lipinski definition) is 9. The molecule has 1 saturated carbocycles. The Hall–Kier alpha value is -3.02. The molecule has 0 bridgehead atoms. The van der Waals surface area contributed by atoms with E-state index in [1.165, 1.54) is 6.42 Å². The Morgan fingerprint density at radius 3 is 2.26 bits per heavy atom. The van der Waals surface area contributed by atoms with Crippen molar-refractivity contribution < 1.29 is 14.3 Å². The number of anilines is 1. The zero-order chi connectivity index (χ0) is 31.5. The smallest absolute Gasteiger partial charge is 0.225 e. The number of ether oxygens (including phenoxy) is 2. The zero-order valence-electron chi connectivity index (χ0n) is 26.0. The Morgan fingerprint density at radius 2 is 1.63 bits per heavy atom. The number of aromatic nitrogens is 3. The summed E-state index contributed by atoms with van der Waals surface area (Å²) in [6.07, 6.45) is 8.81. The van der Waals surface area contributed by atoms with Crippen LogP contribution in [0.3, 0.4) is 0 Å². The van der Waals surface area contributed by atoms with Crippen molar-refractivity contribution in [1.82, 2.24) is 30.1 Å². The number of amides is 1. The van der Waals surface area contributed by atoms with Crippen LogP contribution in [0.15, 0.2) is 42.7 Å². The number of pyridine rings is 1. The van der Waals surface area contributed by atoms with Crippen molar-refractivity contribution in [3.05, 3.63) is 58.3 Å². The van der Waals surface area contributed by atoms with E-state index in [9.17, 15) is 4.79 Å². The molecule has 4 fully saturated rings. The van der Waals surface area contributed by atoms with Crippen LogP contribution in [0.25, 0.3) is 11.3 Å². The van der Waals surface area contributed by atoms with Crippen molar-refractivity contribution in [3.8, 4) is 22.9 Å². The number of piperazine rings is 1. The quantitative estimate of drug-likeness (QED) is 0.310. The molecule has 0 unspecified atom stereocenters. The van der Waals surface area contributed by atoms with Crippen LogP contribution in [0, 0.1) is 11.8 Å². The number of benzene rings is 1. The van der Waals surface area contributed by atoms with Crippen LogP contribution in [-0.4, -0.2) is 95.7 Å². The molecule has 46 heavy (non-hydrogen) atoms. The van der Waals surface area contributed by atoms with Gasteiger partial charge in [-0.05, 0) is 74.5 Å². The lowest BCUT2D eigenvalue weighted by Gasteiger charge is -2.42. The fourth-order valence-electron chi connectivity index (χ4n) is 6.59. The third kappa shape index (κ3) is 7.74. The molecule has 4 aliphatic rings. The second kappa shape index (κ2) is 14.4. The van der Waals surface area contributed by atoms with Crippen molar-refractivity contribution >= 4 is 35.1 Å². The summed E-state index contributed by atoms with van der Waals surface area (Å²) in [6.45, 7) is 8.90. The monoisotopic (exact) mass is 665 g/mol. The van der Waals surface area contributed by atoms with Crippen LogP contribution in [0.2, 0.25) is 10.0 Å². The molecule has 7 rings (SSSR count). The molecule has 0 radical (unpaired) electrons. The highest BCUT2D eigenvalue weighted by atomic mass is 35.5. The Kier molecular flexibility index (Phi) is 9.88. The number of likely N-dealkylation sites (tertiary alicyclic amines) is 1. The Bertz CT molecular complexity index is 1480. The van der Waals surface area contributed by atoms with Gasteiger partial charge in [-0.1, -0.05) is 29.6 Å². The Balaban J connectivity index is 1.01. The average molecular weight is 667 g/mol. The molecular weight excluding hydrogens is 625 g/mol. The van der Waals surface area contributed by atoms with Crippen molar-refractivity contribution in [2.24, 2.45) is 11.8 Å². The number of rotatable bonds is 10. The molecule has 1 amide bonds. The lowest BCUT2D eigenvalue weighted by Crippen LogP contribution is -2.56. The second-order valence-electron chi connectivity index (χ2n) is 13.0. The lowest BCUT2D eigenvalue weighted by atomic mass is 9.84. The van der Waals surface area contributed by atoms with Gasteiger partial charge in [0.25, 0.3) is 0 Å². The maximum atomic E-state index is 12.3. The minimum atomic E-state index is 0.240. The largest absolute Gasteiger partial charge is 0.436 e. The minimum Gasteiger partial charge on any atom is -0.436 e. The summed E-state index contributed by atoms with van der Waals surface area (Å²) in [7, 11) is 0. The molecule has 3 saturated heterocycles. The van der Waals surface area contributed by atoms with Crippen LogP contribution >= 0.6 is 23.2 Å². The molecule has 244 valence electrons. The highest BCUT2D eigenvalue weighted by Crippen LogP contribution is 2.31. The zero-order valence-corrected chi connectivity index (χ0v) is 27.6. The van der Waals surface area contributed by atoms with Gasteiger partial charge in [0.1, 0.15) is 0 Å². The fraction of sp³-hybridized carbons (Fsp3) is 0.529. The van der Waals surface area contributed by atoms with Gasteiger partial charge in [-0.25, -0.2) is 15.0 Å². The van der Waals surface area contributed by atoms with E-state index in [0.717, 1.165) is 108 Å². The van der Waals surface area contributed by atoms with Crippen molar-refractivity contribution in [3.63, 3.8) is 0 Å². The van der Waals surface area contributed by atoms with E-state index < -0.39 is 0 Å². The molecule has 12 heteroatoms. The SMILES string of the molecule is O=C(NCC1CCN(Cc2cc(Oc3cnc(N4CCN(C5COC5)CC4)nc3)nc(-c3cc(Cl)cc(Cl)c3)c2)CC1)C1CCC1. The molecule has 1 aromatic carbocycles. The van der Waals surface area contributed by atoms with Gasteiger partial charge in [0.2, 0.25) is 17.7 Å². The number of piperidine rings is 1. The highest BCUT2D eigenvalue weighted by molar-refractivity contribution is 6.35. The van der Waals surface area contributed by atoms with E-state index in [2.05, 4.69) is 36.1 Å². The van der Waals surface area contributed by atoms with Gasteiger partial charge in [-0.3, -0.25) is 14.6 Å². The van der Waals surface area contributed by atoms with Gasteiger partial charge in [0, 0.05) is 66.9 Å². The van der Waals surface area contributed by atoms with Crippen LogP contribution in [0.4, 0.5) is 5.95 Å². The van der Waals surface area contributed by atoms with E-state index in [4.69, 9.17) is 37.7 Å². The van der Waals surface area contributed by atoms with Gasteiger partial charge in [-0.15, -0.1) is 0 Å². The third-order valence-electron chi connectivity index (χ3n) is 9.75. The number of nitrogens with one attached hydrogen (secondary N) is 1. The maximum absolute atomic E-state index is 12.3. The molecular formula is C34H41Cl2N7O3. The second-order valence-corrected chi connectivity index (χ2v) is 13.9. The van der Waals surface area contributed by atoms with Gasteiger partial charge in [-0.2, -0.15) is 0 Å². The molecule has 5 heterocycles. The van der Waals surface area contributed by atoms with E-state index in [1.54, 1.807) is 18.5 Å². The van der Waals surface area contributed by atoms with E-state index >= 15 is 0 Å². The van der Waals surface area contributed by atoms with Crippen molar-refractivity contribution in [1.29, 1.82) is 0 Å². The molecule has 1 N–H and O–H groups in total. The van der Waals surface area contributed by atoms with Crippen molar-refractivity contribution in [2.75, 3.05) is 63.9 Å². The first-order valence-electron chi connectivity index (χ1n) is 16.5. The highest BCUT2D eigenvalue weighted by Gasteiger charge is 2.30.